The first-order valence-corrected chi connectivity index (χ1v) is 8.43. The first kappa shape index (κ1) is 14.8. The summed E-state index contributed by atoms with van der Waals surface area (Å²) >= 11 is 1.74. The van der Waals surface area contributed by atoms with Crippen molar-refractivity contribution in [1.82, 2.24) is 9.55 Å². The molecule has 5 heteroatoms. The van der Waals surface area contributed by atoms with E-state index >= 15 is 0 Å². The van der Waals surface area contributed by atoms with Gasteiger partial charge >= 0.3 is 0 Å². The predicted octanol–water partition coefficient (Wildman–Crippen LogP) is 4.08. The van der Waals surface area contributed by atoms with Crippen LogP contribution in [0.15, 0.2) is 41.8 Å². The van der Waals surface area contributed by atoms with Gasteiger partial charge in [-0.25, -0.2) is 4.98 Å². The molecule has 0 saturated carbocycles. The third kappa shape index (κ3) is 3.20. The Kier molecular flexibility index (Phi) is 4.53. The summed E-state index contributed by atoms with van der Waals surface area (Å²) in [5, 5.41) is 5.02. The van der Waals surface area contributed by atoms with E-state index in [0.29, 0.717) is 12.4 Å². The number of benzene rings is 1. The SMILES string of the molecule is CCn1c(NC(=O)CCCc2cccs2)nc2ccccc21. The number of nitrogens with zero attached hydrogens (tertiary/aromatic N) is 2. The van der Waals surface area contributed by atoms with E-state index in [0.717, 1.165) is 30.4 Å². The average Bonchev–Trinajstić information content (AvgIpc) is 3.14. The number of aryl methyl sites for hydroxylation is 2. The summed E-state index contributed by atoms with van der Waals surface area (Å²) in [5.74, 6) is 0.673. The molecule has 1 aromatic carbocycles. The summed E-state index contributed by atoms with van der Waals surface area (Å²) in [5.41, 5.74) is 1.97. The molecule has 1 amide bonds. The Bertz CT molecular complexity index is 761. The standard InChI is InChI=1S/C17H19N3OS/c1-2-20-15-10-4-3-9-14(15)18-17(20)19-16(21)11-5-7-13-8-6-12-22-13/h3-4,6,8-10,12H,2,5,7,11H2,1H3,(H,18,19,21). The van der Waals surface area contributed by atoms with E-state index in [1.807, 2.05) is 34.9 Å². The van der Waals surface area contributed by atoms with Crippen LogP contribution in [-0.4, -0.2) is 15.5 Å². The molecule has 3 rings (SSSR count). The van der Waals surface area contributed by atoms with Crippen molar-refractivity contribution in [1.29, 1.82) is 0 Å². The molecule has 22 heavy (non-hydrogen) atoms. The predicted molar refractivity (Wildman–Crippen MR) is 91.3 cm³/mol. The minimum absolute atomic E-state index is 0.0292. The van der Waals surface area contributed by atoms with Crippen LogP contribution in [0.2, 0.25) is 0 Å². The van der Waals surface area contributed by atoms with E-state index in [1.54, 1.807) is 11.3 Å². The maximum absolute atomic E-state index is 12.1. The number of fused-ring (bicyclic) bond motifs is 1. The maximum atomic E-state index is 12.1. The highest BCUT2D eigenvalue weighted by Crippen LogP contribution is 2.19. The Morgan fingerprint density at radius 3 is 2.91 bits per heavy atom. The Hall–Kier alpha value is -2.14. The molecule has 0 bridgehead atoms. The number of imidazole rings is 1. The molecule has 1 N–H and O–H groups in total. The highest BCUT2D eigenvalue weighted by molar-refractivity contribution is 7.09. The van der Waals surface area contributed by atoms with Crippen LogP contribution in [0.5, 0.6) is 0 Å². The molecule has 4 nitrogen and oxygen atoms in total. The van der Waals surface area contributed by atoms with Gasteiger partial charge in [-0.15, -0.1) is 11.3 Å². The summed E-state index contributed by atoms with van der Waals surface area (Å²) in [6.07, 6.45) is 2.33. The van der Waals surface area contributed by atoms with Crippen molar-refractivity contribution >= 4 is 34.2 Å². The molecule has 2 heterocycles. The molecule has 0 unspecified atom stereocenters. The van der Waals surface area contributed by atoms with Crippen LogP contribution in [0, 0.1) is 0 Å². The number of para-hydroxylation sites is 2. The molecule has 2 aromatic heterocycles. The minimum Gasteiger partial charge on any atom is -0.310 e. The smallest absolute Gasteiger partial charge is 0.226 e. The fourth-order valence-corrected chi connectivity index (χ4v) is 3.31. The van der Waals surface area contributed by atoms with E-state index in [4.69, 9.17) is 0 Å². The topological polar surface area (TPSA) is 46.9 Å². The van der Waals surface area contributed by atoms with E-state index in [1.165, 1.54) is 4.88 Å². The number of thiophene rings is 1. The molecular weight excluding hydrogens is 294 g/mol. The molecule has 0 radical (unpaired) electrons. The summed E-state index contributed by atoms with van der Waals surface area (Å²) in [7, 11) is 0. The number of rotatable bonds is 6. The van der Waals surface area contributed by atoms with Gasteiger partial charge in [0.1, 0.15) is 0 Å². The third-order valence-corrected chi connectivity index (χ3v) is 4.57. The lowest BCUT2D eigenvalue weighted by atomic mass is 10.2. The van der Waals surface area contributed by atoms with Crippen molar-refractivity contribution in [3.8, 4) is 0 Å². The monoisotopic (exact) mass is 313 g/mol. The van der Waals surface area contributed by atoms with Crippen LogP contribution in [0.25, 0.3) is 11.0 Å². The van der Waals surface area contributed by atoms with Gasteiger partial charge in [0.2, 0.25) is 11.9 Å². The van der Waals surface area contributed by atoms with Crippen LogP contribution >= 0.6 is 11.3 Å². The number of nitrogens with one attached hydrogen (secondary N) is 1. The van der Waals surface area contributed by atoms with Gasteiger partial charge in [-0.1, -0.05) is 18.2 Å². The van der Waals surface area contributed by atoms with Gasteiger partial charge in [0.15, 0.2) is 0 Å². The van der Waals surface area contributed by atoms with Gasteiger partial charge in [0.25, 0.3) is 0 Å². The zero-order valence-corrected chi connectivity index (χ0v) is 13.4. The number of carbonyl (C=O) groups excluding carboxylic acids is 1. The average molecular weight is 313 g/mol. The number of anilines is 1. The number of hydrogen-bond donors (Lipinski definition) is 1. The van der Waals surface area contributed by atoms with Crippen LogP contribution in [0.1, 0.15) is 24.6 Å². The minimum atomic E-state index is 0.0292. The molecule has 0 spiro atoms. The van der Waals surface area contributed by atoms with Gasteiger partial charge in [0, 0.05) is 17.8 Å². The van der Waals surface area contributed by atoms with Gasteiger partial charge in [-0.05, 0) is 43.3 Å². The molecule has 0 saturated heterocycles. The van der Waals surface area contributed by atoms with Gasteiger partial charge in [-0.2, -0.15) is 0 Å². The zero-order chi connectivity index (χ0) is 15.4. The van der Waals surface area contributed by atoms with Gasteiger partial charge in [0.05, 0.1) is 11.0 Å². The Morgan fingerprint density at radius 2 is 2.14 bits per heavy atom. The van der Waals surface area contributed by atoms with Crippen LogP contribution in [0.4, 0.5) is 5.95 Å². The molecule has 0 aliphatic rings. The van der Waals surface area contributed by atoms with E-state index in [9.17, 15) is 4.79 Å². The highest BCUT2D eigenvalue weighted by atomic mass is 32.1. The van der Waals surface area contributed by atoms with Crippen molar-refractivity contribution < 1.29 is 4.79 Å². The summed E-state index contributed by atoms with van der Waals surface area (Å²) in [4.78, 5) is 18.0. The third-order valence-electron chi connectivity index (χ3n) is 3.63. The second-order valence-electron chi connectivity index (χ2n) is 5.15. The molecule has 0 aliphatic heterocycles. The van der Waals surface area contributed by atoms with Gasteiger partial charge < -0.3 is 4.57 Å². The Balaban J connectivity index is 1.63. The van der Waals surface area contributed by atoms with Crippen molar-refractivity contribution in [3.05, 3.63) is 46.7 Å². The second kappa shape index (κ2) is 6.75. The van der Waals surface area contributed by atoms with Gasteiger partial charge in [-0.3, -0.25) is 10.1 Å². The number of amides is 1. The van der Waals surface area contributed by atoms with E-state index < -0.39 is 0 Å². The normalized spacial score (nSPS) is 11.0. The van der Waals surface area contributed by atoms with Crippen LogP contribution in [-0.2, 0) is 17.8 Å². The van der Waals surface area contributed by atoms with Crippen LogP contribution in [0.3, 0.4) is 0 Å². The van der Waals surface area contributed by atoms with Crippen molar-refractivity contribution in [3.63, 3.8) is 0 Å². The van der Waals surface area contributed by atoms with Crippen molar-refractivity contribution in [2.45, 2.75) is 32.7 Å². The maximum Gasteiger partial charge on any atom is 0.226 e. The summed E-state index contributed by atoms with van der Waals surface area (Å²) in [6.45, 7) is 2.84. The first-order valence-electron chi connectivity index (χ1n) is 7.55. The molecular formula is C17H19N3OS. The molecule has 0 fully saturated rings. The summed E-state index contributed by atoms with van der Waals surface area (Å²) < 4.78 is 2.03. The molecule has 114 valence electrons. The summed E-state index contributed by atoms with van der Waals surface area (Å²) in [6, 6.07) is 12.1. The van der Waals surface area contributed by atoms with E-state index in [-0.39, 0.29) is 5.91 Å². The van der Waals surface area contributed by atoms with Crippen molar-refractivity contribution in [2.24, 2.45) is 0 Å². The lowest BCUT2D eigenvalue weighted by molar-refractivity contribution is -0.116. The first-order chi connectivity index (χ1) is 10.8. The zero-order valence-electron chi connectivity index (χ0n) is 12.6. The quantitative estimate of drug-likeness (QED) is 0.745. The molecule has 0 atom stereocenters. The lowest BCUT2D eigenvalue weighted by Gasteiger charge is -2.07. The Morgan fingerprint density at radius 1 is 1.27 bits per heavy atom. The molecule has 0 aliphatic carbocycles. The number of aromatic nitrogens is 2. The lowest BCUT2D eigenvalue weighted by Crippen LogP contribution is -2.15. The second-order valence-corrected chi connectivity index (χ2v) is 6.18. The fourth-order valence-electron chi connectivity index (χ4n) is 2.56. The van der Waals surface area contributed by atoms with E-state index in [2.05, 4.69) is 28.7 Å². The number of carbonyl (C=O) groups is 1. The highest BCUT2D eigenvalue weighted by Gasteiger charge is 2.11. The number of hydrogen-bond acceptors (Lipinski definition) is 3. The molecule has 3 aromatic rings. The Labute approximate surface area is 133 Å². The largest absolute Gasteiger partial charge is 0.310 e. The van der Waals surface area contributed by atoms with Crippen LogP contribution < -0.4 is 5.32 Å². The fraction of sp³-hybridized carbons (Fsp3) is 0.294. The van der Waals surface area contributed by atoms with Crippen molar-refractivity contribution in [2.75, 3.05) is 5.32 Å².